The van der Waals surface area contributed by atoms with E-state index in [2.05, 4.69) is 4.99 Å². The number of hydrogen-bond acceptors (Lipinski definition) is 31. The number of esters is 9. The largest absolute Gasteiger partial charge is 1.00 e. The number of ketones is 1. The van der Waals surface area contributed by atoms with Crippen LogP contribution in [0, 0.1) is 0 Å². The van der Waals surface area contributed by atoms with Crippen LogP contribution in [0.2, 0.25) is 0 Å². The van der Waals surface area contributed by atoms with Crippen molar-refractivity contribution in [3.05, 3.63) is 251 Å². The van der Waals surface area contributed by atoms with Crippen LogP contribution in [0.5, 0.6) is 0 Å². The summed E-state index contributed by atoms with van der Waals surface area (Å²) >= 11 is 0. The Labute approximate surface area is 662 Å². The number of hydrogen-bond donors (Lipinski definition) is 1. The number of aliphatic imine (C=N–C) groups is 1. The van der Waals surface area contributed by atoms with Gasteiger partial charge in [0.2, 0.25) is 6.29 Å². The van der Waals surface area contributed by atoms with Gasteiger partial charge in [-0.15, -0.1) is 0 Å². The second kappa shape index (κ2) is 41.6. The molecule has 3 aliphatic rings. The first-order valence-corrected chi connectivity index (χ1v) is 35.7. The van der Waals surface area contributed by atoms with Gasteiger partial charge in [0.15, 0.2) is 61.4 Å². The summed E-state index contributed by atoms with van der Waals surface area (Å²) in [4.78, 5) is 147. The molecule has 32 nitrogen and oxygen atoms in total. The number of carbonyl (C=O) groups excluding carboxylic acids is 10. The van der Waals surface area contributed by atoms with Gasteiger partial charge >= 0.3 is 93.7 Å². The zero-order valence-corrected chi connectivity index (χ0v) is 63.2. The molecule has 3 saturated heterocycles. The molecule has 3 heterocycles. The summed E-state index contributed by atoms with van der Waals surface area (Å²) in [6.45, 7) is -1.65. The average molecular weight is 1580 g/mol. The van der Waals surface area contributed by atoms with Crippen LogP contribution in [-0.4, -0.2) is 204 Å². The Balaban J connectivity index is 0.0000144. The minimum atomic E-state index is -5.60. The zero-order valence-electron chi connectivity index (χ0n) is 60.4. The first-order valence-electron chi connectivity index (χ1n) is 34.4. The van der Waals surface area contributed by atoms with Crippen molar-refractivity contribution in [1.82, 2.24) is 0 Å². The monoisotopic (exact) mass is 1580 g/mol. The van der Waals surface area contributed by atoms with Crippen LogP contribution >= 0.6 is 0 Å². The molecule has 7 aromatic rings. The van der Waals surface area contributed by atoms with Crippen LogP contribution in [0.1, 0.15) is 94.4 Å². The molecule has 0 spiro atoms. The average Bonchev–Trinajstić information content (AvgIpc) is 0.755. The number of ether oxygens (including phenoxy) is 16. The summed E-state index contributed by atoms with van der Waals surface area (Å²) in [5, 5.41) is 13.1. The summed E-state index contributed by atoms with van der Waals surface area (Å²) in [5.41, 5.74) is -0.318. The van der Waals surface area contributed by atoms with E-state index in [0.29, 0.717) is 5.56 Å². The molecule has 7 aromatic carbocycles. The molecule has 0 amide bonds. The van der Waals surface area contributed by atoms with Gasteiger partial charge in [-0.1, -0.05) is 140 Å². The van der Waals surface area contributed by atoms with Gasteiger partial charge in [0.1, 0.15) is 42.9 Å². The van der Waals surface area contributed by atoms with Gasteiger partial charge in [0, 0.05) is 20.0 Å². The maximum Gasteiger partial charge on any atom is 1.00 e. The Morgan fingerprint density at radius 1 is 0.429 bits per heavy atom. The third-order valence-corrected chi connectivity index (χ3v) is 17.2. The third kappa shape index (κ3) is 24.2. The fraction of sp³-hybridized carbons (Fsp3) is 0.321. The second-order valence-corrected chi connectivity index (χ2v) is 25.7. The molecular weight excluding hydrogens is 1500 g/mol. The maximum absolute atomic E-state index is 15.2. The Bertz CT molecular complexity index is 4460. The molecule has 10 rings (SSSR count). The molecule has 0 saturated carbocycles. The number of nitrogens with zero attached hydrogens (tertiary/aromatic N) is 1. The van der Waals surface area contributed by atoms with Gasteiger partial charge < -0.3 is 85.7 Å². The topological polar surface area (TPSA) is 417 Å². The van der Waals surface area contributed by atoms with Crippen LogP contribution in [-0.2, 0) is 116 Å². The van der Waals surface area contributed by atoms with Crippen LogP contribution < -0.4 is 34.7 Å². The standard InChI is InChI=1S/C78H75NO31S.Na/c1-46(80)39-40-57(82)102-62-63(104-70(85)51-31-17-7-18-32-51)67(107-73(88)54-37-23-10-24-38-54)77(110-64(62)74(89)94-3)109-60-58(99-47(2)81)56(45-98-111(91,92)93)101-76(66(60)106-72(87)53-35-21-9-22-36-53)108-61-59(103-69(84)50-29-15-6-16-30-50)55(44-96-68(83)49-27-13-5-14-28-49)100-75(65(61)105-71(86)52-33-19-8-20-34-52)95-42-41-79-78(90)97-43-48-25-11-4-12-26-48;/h4-38,55-56,58-67,75-77H,39-45H2,1-3H3,(H,79,90)(H,91,92,93);/q;+1/p-1/t55-,56-,58+,59+,60+,61+,62+,63+,64+,65-,66-,67-,75-,76+,77-;/m1./s1. The Morgan fingerprint density at radius 2 is 0.804 bits per heavy atom. The van der Waals surface area contributed by atoms with Gasteiger partial charge in [-0.2, -0.15) is 8.42 Å². The molecule has 15 atom stereocenters. The van der Waals surface area contributed by atoms with Crippen molar-refractivity contribution in [2.24, 2.45) is 4.99 Å². The first-order chi connectivity index (χ1) is 53.5. The normalized spacial score (nSPS) is 23.5. The minimum absolute atomic E-state index is 0. The van der Waals surface area contributed by atoms with E-state index >= 15 is 4.79 Å². The number of Topliss-reactive ketones (excluding diaryl/α,β-unsaturated/α-hetero) is 1. The van der Waals surface area contributed by atoms with E-state index in [1.54, 1.807) is 54.6 Å². The molecule has 112 heavy (non-hydrogen) atoms. The number of rotatable bonds is 32. The molecule has 3 aliphatic heterocycles. The Morgan fingerprint density at radius 3 is 1.23 bits per heavy atom. The predicted octanol–water partition coefficient (Wildman–Crippen LogP) is 3.08. The molecule has 0 aliphatic carbocycles. The van der Waals surface area contributed by atoms with Gasteiger partial charge in [-0.25, -0.2) is 37.7 Å². The van der Waals surface area contributed by atoms with Crippen molar-refractivity contribution < 1.29 is 176 Å². The van der Waals surface area contributed by atoms with Crippen molar-refractivity contribution in [2.75, 3.05) is 33.5 Å². The van der Waals surface area contributed by atoms with E-state index in [1.807, 2.05) is 0 Å². The smallest absolute Gasteiger partial charge is 0.596 e. The summed E-state index contributed by atoms with van der Waals surface area (Å²) in [6, 6.07) is 51.4. The SMILES string of the molecule is COC(=O)[C@H]1O[C@@H](O[C@H]2[C@@H](OC(C)=O)[C@@H](COS(=O)(=O)O)O[C@@H](O[C@H]3[C@@H](OC(=O)c4ccccc4)[C@@H](COC(=O)c4ccccc4)O[C@@H](OCCN=C([O-])OCc4ccccc4)[C@@H]3OC(=O)c3ccccc3)[C@@H]2OC(=O)c2ccccc2)[C@H](OC(=O)c2ccccc2)[C@@H](OC(=O)c2ccccc2)[C@@H]1OC(=O)CCC(C)=O.[Na+]. The molecule has 0 aromatic heterocycles. The van der Waals surface area contributed by atoms with Crippen molar-refractivity contribution in [3.8, 4) is 0 Å². The van der Waals surface area contributed by atoms with E-state index in [1.165, 1.54) is 165 Å². The van der Waals surface area contributed by atoms with Gasteiger partial charge in [-0.3, -0.25) is 19.1 Å². The molecule has 0 bridgehead atoms. The van der Waals surface area contributed by atoms with E-state index in [-0.39, 0.29) is 69.5 Å². The molecular formula is C78H74NNaO31S. The van der Waals surface area contributed by atoms with E-state index in [4.69, 9.17) is 80.0 Å². The van der Waals surface area contributed by atoms with Crippen molar-refractivity contribution >= 4 is 76.0 Å². The van der Waals surface area contributed by atoms with Gasteiger partial charge in [0.25, 0.3) is 0 Å². The van der Waals surface area contributed by atoms with E-state index < -0.39 is 207 Å². The first kappa shape index (κ1) is 85.3. The van der Waals surface area contributed by atoms with E-state index in [0.717, 1.165) is 14.0 Å². The van der Waals surface area contributed by atoms with Crippen molar-refractivity contribution in [1.29, 1.82) is 0 Å². The number of methoxy groups -OCH3 is 1. The molecule has 1 N–H and O–H groups in total. The maximum atomic E-state index is 15.2. The van der Waals surface area contributed by atoms with Gasteiger partial charge in [-0.05, 0) is 85.3 Å². The number of benzene rings is 7. The third-order valence-electron chi connectivity index (χ3n) is 16.8. The summed E-state index contributed by atoms with van der Waals surface area (Å²) in [5.74, 6) is -11.5. The van der Waals surface area contributed by atoms with Crippen molar-refractivity contribution in [3.63, 3.8) is 0 Å². The summed E-state index contributed by atoms with van der Waals surface area (Å²) in [6.07, 6.45) is -36.6. The van der Waals surface area contributed by atoms with Crippen LogP contribution in [0.3, 0.4) is 0 Å². The zero-order chi connectivity index (χ0) is 79.0. The van der Waals surface area contributed by atoms with E-state index in [9.17, 15) is 61.2 Å². The molecule has 0 unspecified atom stereocenters. The fourth-order valence-corrected chi connectivity index (χ4v) is 11.9. The molecule has 34 heteroatoms. The summed E-state index contributed by atoms with van der Waals surface area (Å²) in [7, 11) is -4.73. The Hall–Kier alpha value is -10.7. The van der Waals surface area contributed by atoms with Gasteiger partial charge in [0.05, 0.1) is 66.7 Å². The molecule has 3 fully saturated rings. The Kier molecular flexibility index (Phi) is 31.7. The quantitative estimate of drug-likeness (QED) is 0.0120. The fourth-order valence-electron chi connectivity index (χ4n) is 11.6. The molecule has 584 valence electrons. The van der Waals surface area contributed by atoms with Crippen LogP contribution in [0.25, 0.3) is 0 Å². The number of carbonyl (C=O) groups is 10. The predicted molar refractivity (Wildman–Crippen MR) is 375 cm³/mol. The molecule has 0 radical (unpaired) electrons. The van der Waals surface area contributed by atoms with Crippen LogP contribution in [0.4, 0.5) is 0 Å². The van der Waals surface area contributed by atoms with Crippen molar-refractivity contribution in [2.45, 2.75) is 125 Å². The minimum Gasteiger partial charge on any atom is -0.596 e. The second-order valence-electron chi connectivity index (χ2n) is 24.6. The summed E-state index contributed by atoms with van der Waals surface area (Å²) < 4.78 is 140. The van der Waals surface area contributed by atoms with Crippen LogP contribution in [0.15, 0.2) is 217 Å².